The lowest BCUT2D eigenvalue weighted by Crippen LogP contribution is -2.32. The third kappa shape index (κ3) is 4.01. The van der Waals surface area contributed by atoms with Crippen LogP contribution in [0.15, 0.2) is 72.8 Å². The molecule has 1 aromatic heterocycles. The third-order valence-corrected chi connectivity index (χ3v) is 7.02. The number of aryl methyl sites for hydroxylation is 1. The maximum absolute atomic E-state index is 13.1. The number of pyridine rings is 1. The third-order valence-electron chi connectivity index (χ3n) is 5.17. The molecule has 1 fully saturated rings. The van der Waals surface area contributed by atoms with Crippen LogP contribution in [0, 0.1) is 6.92 Å². The van der Waals surface area contributed by atoms with E-state index < -0.39 is 10.0 Å². The van der Waals surface area contributed by atoms with E-state index in [1.54, 1.807) is 4.31 Å². The first-order chi connectivity index (χ1) is 13.5. The highest BCUT2D eigenvalue weighted by Crippen LogP contribution is 2.36. The maximum Gasteiger partial charge on any atom is 0.218 e. The molecule has 4 nitrogen and oxygen atoms in total. The number of hydrogen-bond donors (Lipinski definition) is 0. The Balaban J connectivity index is 1.66. The van der Waals surface area contributed by atoms with Gasteiger partial charge in [-0.1, -0.05) is 60.7 Å². The standard InChI is InChI=1S/C23H24N2O2S/c1-18-15-21(20-11-6-3-7-12-20)16-22(24-18)23-13-8-14-25(23)28(26,27)17-19-9-4-2-5-10-19/h2-7,9-12,15-16,23H,8,13-14,17H2,1H3/t23-/m1/s1. The van der Waals surface area contributed by atoms with Gasteiger partial charge in [-0.05, 0) is 48.6 Å². The molecule has 1 aliphatic heterocycles. The van der Waals surface area contributed by atoms with Crippen molar-refractivity contribution in [3.05, 3.63) is 89.7 Å². The van der Waals surface area contributed by atoms with Crippen molar-refractivity contribution in [2.75, 3.05) is 6.54 Å². The van der Waals surface area contributed by atoms with Gasteiger partial charge in [-0.2, -0.15) is 4.31 Å². The lowest BCUT2D eigenvalue weighted by molar-refractivity contribution is 0.389. The molecular weight excluding hydrogens is 368 g/mol. The van der Waals surface area contributed by atoms with E-state index >= 15 is 0 Å². The van der Waals surface area contributed by atoms with Crippen LogP contribution in [-0.4, -0.2) is 24.3 Å². The molecule has 1 atom stereocenters. The van der Waals surface area contributed by atoms with Crippen molar-refractivity contribution in [1.82, 2.24) is 9.29 Å². The van der Waals surface area contributed by atoms with Crippen LogP contribution in [0.5, 0.6) is 0 Å². The van der Waals surface area contributed by atoms with E-state index in [4.69, 9.17) is 4.98 Å². The highest BCUT2D eigenvalue weighted by molar-refractivity contribution is 7.88. The number of benzene rings is 2. The van der Waals surface area contributed by atoms with Crippen LogP contribution in [0.3, 0.4) is 0 Å². The lowest BCUT2D eigenvalue weighted by atomic mass is 10.0. The molecular formula is C23H24N2O2S. The quantitative estimate of drug-likeness (QED) is 0.631. The Bertz CT molecular complexity index is 1050. The summed E-state index contributed by atoms with van der Waals surface area (Å²) in [5.41, 5.74) is 4.76. The topological polar surface area (TPSA) is 50.3 Å². The zero-order chi connectivity index (χ0) is 19.6. The van der Waals surface area contributed by atoms with Gasteiger partial charge in [0, 0.05) is 12.2 Å². The minimum absolute atomic E-state index is 0.0295. The predicted octanol–water partition coefficient (Wildman–Crippen LogP) is 4.72. The summed E-state index contributed by atoms with van der Waals surface area (Å²) >= 11 is 0. The Morgan fingerprint density at radius 3 is 2.36 bits per heavy atom. The molecule has 5 heteroatoms. The molecule has 0 unspecified atom stereocenters. The number of sulfonamides is 1. The fourth-order valence-electron chi connectivity index (χ4n) is 3.90. The second-order valence-corrected chi connectivity index (χ2v) is 9.22. The van der Waals surface area contributed by atoms with Crippen molar-refractivity contribution >= 4 is 10.0 Å². The fraction of sp³-hybridized carbons (Fsp3) is 0.261. The molecule has 3 aromatic rings. The average Bonchev–Trinajstić information content (AvgIpc) is 3.20. The Labute approximate surface area is 166 Å². The molecule has 2 aromatic carbocycles. The number of aromatic nitrogens is 1. The van der Waals surface area contributed by atoms with Crippen LogP contribution < -0.4 is 0 Å². The molecule has 0 spiro atoms. The van der Waals surface area contributed by atoms with Gasteiger partial charge in [-0.3, -0.25) is 4.98 Å². The number of hydrogen-bond acceptors (Lipinski definition) is 3. The van der Waals surface area contributed by atoms with E-state index in [0.717, 1.165) is 40.9 Å². The summed E-state index contributed by atoms with van der Waals surface area (Å²) in [4.78, 5) is 4.71. The van der Waals surface area contributed by atoms with Gasteiger partial charge in [0.15, 0.2) is 0 Å². The average molecular weight is 393 g/mol. The Morgan fingerprint density at radius 2 is 1.64 bits per heavy atom. The smallest absolute Gasteiger partial charge is 0.218 e. The molecule has 0 saturated carbocycles. The minimum Gasteiger partial charge on any atom is -0.256 e. The van der Waals surface area contributed by atoms with Gasteiger partial charge in [0.05, 0.1) is 17.5 Å². The lowest BCUT2D eigenvalue weighted by Gasteiger charge is -2.24. The Hall–Kier alpha value is -2.50. The van der Waals surface area contributed by atoms with Crippen LogP contribution in [0.1, 0.15) is 35.8 Å². The first-order valence-electron chi connectivity index (χ1n) is 9.60. The molecule has 144 valence electrons. The van der Waals surface area contributed by atoms with E-state index in [2.05, 4.69) is 18.2 Å². The number of nitrogens with zero attached hydrogens (tertiary/aromatic N) is 2. The highest BCUT2D eigenvalue weighted by Gasteiger charge is 2.36. The van der Waals surface area contributed by atoms with Gasteiger partial charge in [0.1, 0.15) is 0 Å². The Morgan fingerprint density at radius 1 is 0.964 bits per heavy atom. The van der Waals surface area contributed by atoms with Crippen LogP contribution in [0.2, 0.25) is 0 Å². The van der Waals surface area contributed by atoms with Gasteiger partial charge < -0.3 is 0 Å². The number of rotatable bonds is 5. The molecule has 0 bridgehead atoms. The summed E-state index contributed by atoms with van der Waals surface area (Å²) in [5.74, 6) is 0.0295. The van der Waals surface area contributed by atoms with Crippen molar-refractivity contribution < 1.29 is 8.42 Å². The van der Waals surface area contributed by atoms with Crippen molar-refractivity contribution in [3.8, 4) is 11.1 Å². The monoisotopic (exact) mass is 392 g/mol. The maximum atomic E-state index is 13.1. The first-order valence-corrected chi connectivity index (χ1v) is 11.2. The van der Waals surface area contributed by atoms with Crippen LogP contribution in [0.4, 0.5) is 0 Å². The zero-order valence-corrected chi connectivity index (χ0v) is 16.8. The van der Waals surface area contributed by atoms with Gasteiger partial charge in [-0.15, -0.1) is 0 Å². The SMILES string of the molecule is Cc1cc(-c2ccccc2)cc([C@H]2CCCN2S(=O)(=O)Cc2ccccc2)n1. The van der Waals surface area contributed by atoms with Gasteiger partial charge in [-0.25, -0.2) is 8.42 Å². The molecule has 0 aliphatic carbocycles. The summed E-state index contributed by atoms with van der Waals surface area (Å²) in [5, 5.41) is 0. The predicted molar refractivity (Wildman–Crippen MR) is 112 cm³/mol. The summed E-state index contributed by atoms with van der Waals surface area (Å²) in [7, 11) is -3.41. The summed E-state index contributed by atoms with van der Waals surface area (Å²) in [6.07, 6.45) is 1.66. The summed E-state index contributed by atoms with van der Waals surface area (Å²) < 4.78 is 27.9. The zero-order valence-electron chi connectivity index (χ0n) is 16.0. The van der Waals surface area contributed by atoms with E-state index in [0.29, 0.717) is 6.54 Å². The first kappa shape index (κ1) is 18.8. The van der Waals surface area contributed by atoms with Crippen LogP contribution >= 0.6 is 0 Å². The van der Waals surface area contributed by atoms with Crippen molar-refractivity contribution in [2.24, 2.45) is 0 Å². The van der Waals surface area contributed by atoms with Gasteiger partial charge in [0.2, 0.25) is 10.0 Å². The van der Waals surface area contributed by atoms with E-state index in [9.17, 15) is 8.42 Å². The largest absolute Gasteiger partial charge is 0.256 e. The van der Waals surface area contributed by atoms with Crippen molar-refractivity contribution in [3.63, 3.8) is 0 Å². The normalized spacial score (nSPS) is 17.7. The van der Waals surface area contributed by atoms with E-state index in [-0.39, 0.29) is 11.8 Å². The Kier molecular flexibility index (Phi) is 5.29. The molecule has 1 saturated heterocycles. The molecule has 0 radical (unpaired) electrons. The van der Waals surface area contributed by atoms with Gasteiger partial charge in [0.25, 0.3) is 0 Å². The van der Waals surface area contributed by atoms with Gasteiger partial charge >= 0.3 is 0 Å². The highest BCUT2D eigenvalue weighted by atomic mass is 32.2. The molecule has 2 heterocycles. The minimum atomic E-state index is -3.41. The second-order valence-electron chi connectivity index (χ2n) is 7.30. The molecule has 4 rings (SSSR count). The van der Waals surface area contributed by atoms with Crippen LogP contribution in [0.25, 0.3) is 11.1 Å². The van der Waals surface area contributed by atoms with Crippen molar-refractivity contribution in [1.29, 1.82) is 0 Å². The summed E-state index contributed by atoms with van der Waals surface area (Å²) in [6.45, 7) is 2.52. The van der Waals surface area contributed by atoms with E-state index in [1.807, 2.05) is 61.5 Å². The molecule has 1 aliphatic rings. The second kappa shape index (κ2) is 7.86. The summed E-state index contributed by atoms with van der Waals surface area (Å²) in [6, 6.07) is 23.4. The van der Waals surface area contributed by atoms with Crippen LogP contribution in [-0.2, 0) is 15.8 Å². The molecule has 0 N–H and O–H groups in total. The van der Waals surface area contributed by atoms with Crippen molar-refractivity contribution in [2.45, 2.75) is 31.6 Å². The molecule has 28 heavy (non-hydrogen) atoms. The molecule has 0 amide bonds. The van der Waals surface area contributed by atoms with E-state index in [1.165, 1.54) is 0 Å². The fourth-order valence-corrected chi connectivity index (χ4v) is 5.69.